The minimum absolute atomic E-state index is 0.113. The molecule has 1 heterocycles. The van der Waals surface area contributed by atoms with E-state index >= 15 is 0 Å². The molecule has 4 N–H and O–H groups in total. The molecule has 0 radical (unpaired) electrons. The van der Waals surface area contributed by atoms with Crippen molar-refractivity contribution in [2.75, 3.05) is 11.9 Å². The van der Waals surface area contributed by atoms with Gasteiger partial charge in [-0.2, -0.15) is 0 Å². The highest BCUT2D eigenvalue weighted by molar-refractivity contribution is 5.86. The lowest BCUT2D eigenvalue weighted by molar-refractivity contribution is -0.127. The van der Waals surface area contributed by atoms with Crippen molar-refractivity contribution in [3.8, 4) is 0 Å². The first kappa shape index (κ1) is 18.2. The Morgan fingerprint density at radius 3 is 2.71 bits per heavy atom. The van der Waals surface area contributed by atoms with Crippen molar-refractivity contribution < 1.29 is 9.59 Å². The summed E-state index contributed by atoms with van der Waals surface area (Å²) in [5.41, 5.74) is 5.46. The van der Waals surface area contributed by atoms with Crippen LogP contribution in [0.25, 0.3) is 0 Å². The molecular weight excluding hydrogens is 304 g/mol. The van der Waals surface area contributed by atoms with Crippen LogP contribution in [0.1, 0.15) is 51.4 Å². The Bertz CT molecular complexity index is 515. The van der Waals surface area contributed by atoms with Crippen LogP contribution in [0.2, 0.25) is 0 Å². The van der Waals surface area contributed by atoms with Crippen molar-refractivity contribution in [2.45, 2.75) is 57.4 Å². The van der Waals surface area contributed by atoms with E-state index in [0.717, 1.165) is 18.7 Å². The molecule has 24 heavy (non-hydrogen) atoms. The molecule has 0 bridgehead atoms. The summed E-state index contributed by atoms with van der Waals surface area (Å²) in [7, 11) is 0. The predicted molar refractivity (Wildman–Crippen MR) is 94.3 cm³/mol. The second kappa shape index (κ2) is 9.90. The third-order valence-corrected chi connectivity index (χ3v) is 4.52. The van der Waals surface area contributed by atoms with Crippen LogP contribution in [0.15, 0.2) is 24.4 Å². The number of hydrogen-bond acceptors (Lipinski definition) is 4. The van der Waals surface area contributed by atoms with Crippen molar-refractivity contribution in [1.82, 2.24) is 10.3 Å². The molecule has 1 aromatic heterocycles. The van der Waals surface area contributed by atoms with Gasteiger partial charge in [0.05, 0.1) is 0 Å². The molecule has 6 nitrogen and oxygen atoms in total. The quantitative estimate of drug-likeness (QED) is 0.604. The van der Waals surface area contributed by atoms with E-state index < -0.39 is 11.9 Å². The normalized spacial score (nSPS) is 16.3. The molecule has 0 spiro atoms. The van der Waals surface area contributed by atoms with Crippen LogP contribution < -0.4 is 16.4 Å². The molecule has 0 unspecified atom stereocenters. The first-order valence-electron chi connectivity index (χ1n) is 8.88. The zero-order valence-electron chi connectivity index (χ0n) is 14.2. The highest BCUT2D eigenvalue weighted by Crippen LogP contribution is 2.27. The van der Waals surface area contributed by atoms with Crippen LogP contribution in [0.3, 0.4) is 0 Å². The molecule has 1 aromatic rings. The lowest BCUT2D eigenvalue weighted by Gasteiger charge is -2.25. The number of anilines is 1. The number of nitrogens with two attached hydrogens (primary N) is 1. The second-order valence-electron chi connectivity index (χ2n) is 6.51. The number of carbonyl (C=O) groups excluding carboxylic acids is 2. The molecule has 2 rings (SSSR count). The predicted octanol–water partition coefficient (Wildman–Crippen LogP) is 2.21. The van der Waals surface area contributed by atoms with E-state index in [-0.39, 0.29) is 5.91 Å². The first-order valence-corrected chi connectivity index (χ1v) is 8.88. The monoisotopic (exact) mass is 332 g/mol. The van der Waals surface area contributed by atoms with Crippen LogP contribution in [0, 0.1) is 5.92 Å². The summed E-state index contributed by atoms with van der Waals surface area (Å²) in [6, 6.07) is 5.11. The van der Waals surface area contributed by atoms with E-state index in [1.807, 2.05) is 18.2 Å². The number of rotatable bonds is 9. The Morgan fingerprint density at radius 2 is 2.04 bits per heavy atom. The van der Waals surface area contributed by atoms with Gasteiger partial charge in [0.1, 0.15) is 11.9 Å². The van der Waals surface area contributed by atoms with Crippen molar-refractivity contribution in [1.29, 1.82) is 0 Å². The smallest absolute Gasteiger partial charge is 0.240 e. The van der Waals surface area contributed by atoms with E-state index in [0.29, 0.717) is 31.7 Å². The van der Waals surface area contributed by atoms with Crippen LogP contribution >= 0.6 is 0 Å². The van der Waals surface area contributed by atoms with Crippen LogP contribution in [0.4, 0.5) is 5.82 Å². The maximum atomic E-state index is 12.0. The molecule has 1 saturated carbocycles. The maximum Gasteiger partial charge on any atom is 0.240 e. The summed E-state index contributed by atoms with van der Waals surface area (Å²) in [4.78, 5) is 27.8. The average molecular weight is 332 g/mol. The number of nitrogens with zero attached hydrogens (tertiary/aromatic N) is 1. The van der Waals surface area contributed by atoms with Crippen molar-refractivity contribution in [3.63, 3.8) is 0 Å². The number of primary amides is 1. The first-order chi connectivity index (χ1) is 11.6. The molecule has 1 atom stereocenters. The van der Waals surface area contributed by atoms with Gasteiger partial charge in [-0.05, 0) is 30.9 Å². The Hall–Kier alpha value is -2.11. The third kappa shape index (κ3) is 6.56. The summed E-state index contributed by atoms with van der Waals surface area (Å²) in [6.07, 6.45) is 9.40. The number of nitrogens with one attached hydrogen (secondary N) is 2. The molecule has 0 saturated heterocycles. The lowest BCUT2D eigenvalue weighted by Crippen LogP contribution is -2.45. The zero-order valence-corrected chi connectivity index (χ0v) is 14.2. The molecular formula is C18H28N4O2. The number of carbonyl (C=O) groups is 2. The molecule has 1 aliphatic carbocycles. The average Bonchev–Trinajstić information content (AvgIpc) is 2.60. The molecule has 0 aromatic carbocycles. The van der Waals surface area contributed by atoms with Crippen molar-refractivity contribution >= 4 is 17.6 Å². The standard InChI is InChI=1S/C18H28N4O2/c19-18(24)15(13-14-7-2-1-3-8-14)22-17(23)10-6-12-21-16-9-4-5-11-20-16/h4-5,9,11,14-15H,1-3,6-8,10,12-13H2,(H2,19,24)(H,20,21)(H,22,23)/t15-/m1/s1. The molecule has 0 aliphatic heterocycles. The van der Waals surface area contributed by atoms with E-state index in [4.69, 9.17) is 5.73 Å². The number of amides is 2. The van der Waals surface area contributed by atoms with Gasteiger partial charge in [0.15, 0.2) is 0 Å². The van der Waals surface area contributed by atoms with E-state index in [2.05, 4.69) is 15.6 Å². The minimum atomic E-state index is -0.538. The van der Waals surface area contributed by atoms with Gasteiger partial charge in [0, 0.05) is 19.2 Å². The minimum Gasteiger partial charge on any atom is -0.370 e. The molecule has 1 fully saturated rings. The van der Waals surface area contributed by atoms with Crippen LogP contribution in [-0.4, -0.2) is 29.4 Å². The maximum absolute atomic E-state index is 12.0. The van der Waals surface area contributed by atoms with Gasteiger partial charge in [0.2, 0.25) is 11.8 Å². The highest BCUT2D eigenvalue weighted by atomic mass is 16.2. The van der Waals surface area contributed by atoms with E-state index in [9.17, 15) is 9.59 Å². The summed E-state index contributed by atoms with van der Waals surface area (Å²) in [6.45, 7) is 0.661. The molecule has 2 amide bonds. The van der Waals surface area contributed by atoms with Gasteiger partial charge in [-0.1, -0.05) is 38.2 Å². The highest BCUT2D eigenvalue weighted by Gasteiger charge is 2.23. The number of aromatic nitrogens is 1. The van der Waals surface area contributed by atoms with Gasteiger partial charge in [-0.25, -0.2) is 4.98 Å². The summed E-state index contributed by atoms with van der Waals surface area (Å²) < 4.78 is 0. The summed E-state index contributed by atoms with van der Waals surface area (Å²) >= 11 is 0. The summed E-state index contributed by atoms with van der Waals surface area (Å²) in [5.74, 6) is 0.755. The van der Waals surface area contributed by atoms with Gasteiger partial charge in [-0.3, -0.25) is 9.59 Å². The fraction of sp³-hybridized carbons (Fsp3) is 0.611. The number of hydrogen-bond donors (Lipinski definition) is 3. The largest absolute Gasteiger partial charge is 0.370 e. The lowest BCUT2D eigenvalue weighted by atomic mass is 9.84. The fourth-order valence-corrected chi connectivity index (χ4v) is 3.20. The summed E-state index contributed by atoms with van der Waals surface area (Å²) in [5, 5.41) is 5.96. The van der Waals surface area contributed by atoms with Crippen LogP contribution in [-0.2, 0) is 9.59 Å². The number of pyridine rings is 1. The van der Waals surface area contributed by atoms with Gasteiger partial charge in [0.25, 0.3) is 0 Å². The Kier molecular flexibility index (Phi) is 7.52. The fourth-order valence-electron chi connectivity index (χ4n) is 3.20. The molecule has 132 valence electrons. The van der Waals surface area contributed by atoms with Crippen LogP contribution in [0.5, 0.6) is 0 Å². The Morgan fingerprint density at radius 1 is 1.25 bits per heavy atom. The molecule has 6 heteroatoms. The van der Waals surface area contributed by atoms with Gasteiger partial charge >= 0.3 is 0 Å². The zero-order chi connectivity index (χ0) is 17.2. The van der Waals surface area contributed by atoms with E-state index in [1.165, 1.54) is 19.3 Å². The van der Waals surface area contributed by atoms with Gasteiger partial charge < -0.3 is 16.4 Å². The Balaban J connectivity index is 1.67. The van der Waals surface area contributed by atoms with Crippen molar-refractivity contribution in [3.05, 3.63) is 24.4 Å². The second-order valence-corrected chi connectivity index (χ2v) is 6.51. The van der Waals surface area contributed by atoms with E-state index in [1.54, 1.807) is 6.20 Å². The third-order valence-electron chi connectivity index (χ3n) is 4.52. The van der Waals surface area contributed by atoms with Crippen molar-refractivity contribution in [2.24, 2.45) is 11.7 Å². The Labute approximate surface area is 143 Å². The molecule has 1 aliphatic rings. The van der Waals surface area contributed by atoms with Gasteiger partial charge in [-0.15, -0.1) is 0 Å². The SMILES string of the molecule is NC(=O)[C@@H](CC1CCCCC1)NC(=O)CCCNc1ccccn1. The topological polar surface area (TPSA) is 97.1 Å².